The fraction of sp³-hybridized carbons (Fsp3) is 0.593. The van der Waals surface area contributed by atoms with Crippen LogP contribution in [0, 0.1) is 0 Å². The van der Waals surface area contributed by atoms with E-state index in [4.69, 9.17) is 9.42 Å². The normalized spacial score (nSPS) is 22.6. The molecular weight excluding hydrogens is 532 g/mol. The Hall–Kier alpha value is -2.54. The third-order valence-corrected chi connectivity index (χ3v) is 14.8. The Morgan fingerprint density at radius 3 is 2.51 bits per heavy atom. The maximum Gasteiger partial charge on any atom is 0.263 e. The number of aromatic nitrogens is 2. The second-order valence-corrected chi connectivity index (χ2v) is 19.4. The number of hydrogen-bond donors (Lipinski definition) is 1. The lowest BCUT2D eigenvalue weighted by molar-refractivity contribution is 0.0832. The second kappa shape index (κ2) is 9.25. The molecule has 1 fully saturated rings. The molecule has 1 aliphatic carbocycles. The van der Waals surface area contributed by atoms with Crippen molar-refractivity contribution in [3.8, 4) is 0 Å². The van der Waals surface area contributed by atoms with E-state index >= 15 is 0 Å². The van der Waals surface area contributed by atoms with Crippen molar-refractivity contribution < 1.29 is 17.6 Å². The Kier molecular flexibility index (Phi) is 6.64. The maximum absolute atomic E-state index is 14.0. The van der Waals surface area contributed by atoms with Crippen LogP contribution in [0.2, 0.25) is 18.1 Å². The zero-order chi connectivity index (χ0) is 28.5. The molecule has 1 aromatic carbocycles. The summed E-state index contributed by atoms with van der Waals surface area (Å²) in [4.78, 5) is 22.8. The minimum absolute atomic E-state index is 0.0669. The Labute approximate surface area is 232 Å². The van der Waals surface area contributed by atoms with Gasteiger partial charge >= 0.3 is 0 Å². The van der Waals surface area contributed by atoms with Crippen LogP contribution in [-0.4, -0.2) is 67.5 Å². The molecule has 3 aliphatic rings. The maximum atomic E-state index is 14.0. The van der Waals surface area contributed by atoms with Gasteiger partial charge in [0.1, 0.15) is 0 Å². The molecule has 1 N–H and O–H groups in total. The quantitative estimate of drug-likeness (QED) is 0.481. The van der Waals surface area contributed by atoms with E-state index < -0.39 is 23.9 Å². The van der Waals surface area contributed by atoms with Crippen molar-refractivity contribution in [3.63, 3.8) is 0 Å². The summed E-state index contributed by atoms with van der Waals surface area (Å²) in [6, 6.07) is 4.57. The third kappa shape index (κ3) is 5.19. The van der Waals surface area contributed by atoms with Crippen LogP contribution in [0.15, 0.2) is 40.5 Å². The molecule has 3 heterocycles. The van der Waals surface area contributed by atoms with Crippen LogP contribution in [0.3, 0.4) is 0 Å². The topological polar surface area (TPSA) is 109 Å². The molecule has 12 heteroatoms. The number of nitrogens with zero attached hydrogens (tertiary/aromatic N) is 5. The smallest absolute Gasteiger partial charge is 0.263 e. The number of carbonyl (C=O) groups is 1. The van der Waals surface area contributed by atoms with Gasteiger partial charge in [0.25, 0.3) is 5.91 Å². The second-order valence-electron chi connectivity index (χ2n) is 12.9. The van der Waals surface area contributed by atoms with Crippen LogP contribution in [0.4, 0.5) is 5.69 Å². The van der Waals surface area contributed by atoms with Crippen LogP contribution < -0.4 is 9.62 Å². The molecule has 39 heavy (non-hydrogen) atoms. The first kappa shape index (κ1) is 28.0. The van der Waals surface area contributed by atoms with Crippen LogP contribution in [0.25, 0.3) is 0 Å². The molecule has 1 aromatic heterocycles. The number of carbonyl (C=O) groups excluding carboxylic acids is 1. The lowest BCUT2D eigenvalue weighted by atomic mass is 10.0. The van der Waals surface area contributed by atoms with Gasteiger partial charge < -0.3 is 9.33 Å². The minimum atomic E-state index is -3.77. The highest BCUT2D eigenvalue weighted by molar-refractivity contribution is 7.89. The summed E-state index contributed by atoms with van der Waals surface area (Å²) in [5.74, 6) is 0.281. The molecule has 10 nitrogen and oxygen atoms in total. The molecule has 1 amide bonds. The Morgan fingerprint density at radius 2 is 1.92 bits per heavy atom. The summed E-state index contributed by atoms with van der Waals surface area (Å²) in [5.41, 5.74) is 1.46. The standard InChI is InChI=1S/C27H40N6O4SSi/c1-18-22(17-37-39(7,8)26(2,3)4)29-25-32(16-19-14-28-31(6)15-19)24(34)21-13-20(9-10-23(21)33(18)25)38(35,36)30-27(5)11-12-27/h9-10,13-15,18,22,30H,11-12,16-17H2,1-8H3/t18-,22+/m1/s1. The fourth-order valence-electron chi connectivity index (χ4n) is 4.74. The Balaban J connectivity index is 1.52. The highest BCUT2D eigenvalue weighted by Gasteiger charge is 2.47. The number of nitrogens with one attached hydrogen (secondary N) is 1. The van der Waals surface area contributed by atoms with Crippen molar-refractivity contribution in [1.82, 2.24) is 19.4 Å². The predicted molar refractivity (Wildman–Crippen MR) is 154 cm³/mol. The molecule has 0 radical (unpaired) electrons. The van der Waals surface area contributed by atoms with Gasteiger partial charge in [-0.25, -0.2) is 18.1 Å². The van der Waals surface area contributed by atoms with E-state index in [2.05, 4.69) is 55.5 Å². The molecule has 2 atom stereocenters. The highest BCUT2D eigenvalue weighted by Crippen LogP contribution is 2.40. The summed E-state index contributed by atoms with van der Waals surface area (Å²) in [5, 5.41) is 4.32. The lowest BCUT2D eigenvalue weighted by Crippen LogP contribution is -2.53. The van der Waals surface area contributed by atoms with E-state index in [1.807, 2.05) is 20.2 Å². The highest BCUT2D eigenvalue weighted by atomic mass is 32.2. The van der Waals surface area contributed by atoms with Gasteiger partial charge in [0.05, 0.1) is 47.6 Å². The molecule has 0 saturated heterocycles. The molecule has 0 unspecified atom stereocenters. The Morgan fingerprint density at radius 1 is 1.23 bits per heavy atom. The number of benzene rings is 1. The summed E-state index contributed by atoms with van der Waals surface area (Å²) < 4.78 is 37.4. The molecule has 0 spiro atoms. The number of aliphatic imine (C=N–C) groups is 1. The summed E-state index contributed by atoms with van der Waals surface area (Å²) in [7, 11) is -3.95. The number of sulfonamides is 1. The van der Waals surface area contributed by atoms with E-state index in [1.165, 1.54) is 6.07 Å². The number of aryl methyl sites for hydroxylation is 1. The van der Waals surface area contributed by atoms with E-state index in [9.17, 15) is 13.2 Å². The van der Waals surface area contributed by atoms with Gasteiger partial charge in [0.15, 0.2) is 8.32 Å². The van der Waals surface area contributed by atoms with E-state index in [0.717, 1.165) is 18.4 Å². The fourth-order valence-corrected chi connectivity index (χ4v) is 7.25. The number of rotatable bonds is 8. The van der Waals surface area contributed by atoms with Crippen molar-refractivity contribution >= 4 is 35.9 Å². The van der Waals surface area contributed by atoms with Crippen LogP contribution in [0.1, 0.15) is 63.4 Å². The molecule has 2 aromatic rings. The lowest BCUT2D eigenvalue weighted by Gasteiger charge is -2.39. The first-order valence-corrected chi connectivity index (χ1v) is 17.9. The summed E-state index contributed by atoms with van der Waals surface area (Å²) in [6.45, 7) is 15.8. The van der Waals surface area contributed by atoms with Gasteiger partial charge in [0, 0.05) is 24.3 Å². The van der Waals surface area contributed by atoms with E-state index in [0.29, 0.717) is 23.8 Å². The average Bonchev–Trinajstić information content (AvgIpc) is 3.24. The monoisotopic (exact) mass is 572 g/mol. The first-order chi connectivity index (χ1) is 18.0. The van der Waals surface area contributed by atoms with Gasteiger partial charge in [-0.05, 0) is 63.0 Å². The van der Waals surface area contributed by atoms with Gasteiger partial charge in [-0.1, -0.05) is 20.8 Å². The van der Waals surface area contributed by atoms with Crippen molar-refractivity contribution in [2.75, 3.05) is 11.5 Å². The number of hydrogen-bond acceptors (Lipinski definition) is 7. The van der Waals surface area contributed by atoms with Gasteiger partial charge in [-0.15, -0.1) is 0 Å². The predicted octanol–water partition coefficient (Wildman–Crippen LogP) is 3.86. The van der Waals surface area contributed by atoms with Gasteiger partial charge in [-0.2, -0.15) is 5.10 Å². The van der Waals surface area contributed by atoms with E-state index in [-0.39, 0.29) is 34.5 Å². The Bertz CT molecular complexity index is 1440. The van der Waals surface area contributed by atoms with Crippen LogP contribution in [0.5, 0.6) is 0 Å². The number of fused-ring (bicyclic) bond motifs is 3. The number of guanidine groups is 1. The molecular formula is C27H40N6O4SSi. The van der Waals surface area contributed by atoms with Crippen molar-refractivity contribution in [2.24, 2.45) is 12.0 Å². The van der Waals surface area contributed by atoms with E-state index in [1.54, 1.807) is 27.9 Å². The number of amides is 1. The van der Waals surface area contributed by atoms with Crippen LogP contribution >= 0.6 is 0 Å². The minimum Gasteiger partial charge on any atom is -0.415 e. The van der Waals surface area contributed by atoms with Gasteiger partial charge in [-0.3, -0.25) is 14.4 Å². The summed E-state index contributed by atoms with van der Waals surface area (Å²) >= 11 is 0. The zero-order valence-corrected chi connectivity index (χ0v) is 26.0. The molecule has 5 rings (SSSR count). The zero-order valence-electron chi connectivity index (χ0n) is 24.1. The molecule has 212 valence electrons. The summed E-state index contributed by atoms with van der Waals surface area (Å²) in [6.07, 6.45) is 5.20. The third-order valence-electron chi connectivity index (χ3n) is 8.62. The first-order valence-electron chi connectivity index (χ1n) is 13.5. The average molecular weight is 573 g/mol. The largest absolute Gasteiger partial charge is 0.415 e. The van der Waals surface area contributed by atoms with Crippen molar-refractivity contribution in [2.45, 2.75) is 94.7 Å². The SMILES string of the molecule is C[C@@H]1[C@H](CO[Si](C)(C)C(C)(C)C)N=C2N(Cc3cnn(C)c3)C(=O)c3cc(S(=O)(=O)NC4(C)CC4)ccc3N21. The van der Waals surface area contributed by atoms with Crippen LogP contribution in [-0.2, 0) is 28.0 Å². The number of anilines is 1. The van der Waals surface area contributed by atoms with Gasteiger partial charge in [0.2, 0.25) is 16.0 Å². The van der Waals surface area contributed by atoms with Crippen molar-refractivity contribution in [1.29, 1.82) is 0 Å². The molecule has 2 aliphatic heterocycles. The molecule has 1 saturated carbocycles. The molecule has 0 bridgehead atoms. The van der Waals surface area contributed by atoms with Crippen molar-refractivity contribution in [3.05, 3.63) is 41.7 Å².